The number of anilines is 1. The van der Waals surface area contributed by atoms with Crippen LogP contribution in [-0.2, 0) is 15.0 Å². The molecule has 0 bridgehead atoms. The van der Waals surface area contributed by atoms with E-state index in [9.17, 15) is 14.0 Å². The van der Waals surface area contributed by atoms with Crippen LogP contribution in [0.25, 0.3) is 5.57 Å². The van der Waals surface area contributed by atoms with Crippen LogP contribution in [0.15, 0.2) is 53.6 Å². The Kier molecular flexibility index (Phi) is 4.25. The van der Waals surface area contributed by atoms with Crippen LogP contribution in [0, 0.1) is 5.82 Å². The number of carbonyl (C=O) groups excluding carboxylic acids is 2. The fourth-order valence-electron chi connectivity index (χ4n) is 2.71. The van der Waals surface area contributed by atoms with E-state index in [1.807, 2.05) is 12.1 Å². The van der Waals surface area contributed by atoms with Gasteiger partial charge >= 0.3 is 0 Å². The van der Waals surface area contributed by atoms with Gasteiger partial charge in [-0.25, -0.2) is 9.29 Å². The second kappa shape index (κ2) is 6.12. The van der Waals surface area contributed by atoms with Crippen molar-refractivity contribution < 1.29 is 14.0 Å². The van der Waals surface area contributed by atoms with Crippen molar-refractivity contribution in [3.63, 3.8) is 0 Å². The van der Waals surface area contributed by atoms with E-state index >= 15 is 0 Å². The third-order valence-electron chi connectivity index (χ3n) is 4.15. The molecule has 25 heavy (non-hydrogen) atoms. The maximum absolute atomic E-state index is 13.1. The molecule has 1 aliphatic heterocycles. The molecule has 0 radical (unpaired) electrons. The molecular formula is C20H17ClFNO2. The van der Waals surface area contributed by atoms with Gasteiger partial charge in [0.25, 0.3) is 11.8 Å². The highest BCUT2D eigenvalue weighted by molar-refractivity contribution is 6.60. The quantitative estimate of drug-likeness (QED) is 0.734. The number of carbonyl (C=O) groups is 2. The van der Waals surface area contributed by atoms with Crippen molar-refractivity contribution in [2.24, 2.45) is 0 Å². The molecule has 0 unspecified atom stereocenters. The zero-order valence-corrected chi connectivity index (χ0v) is 14.9. The summed E-state index contributed by atoms with van der Waals surface area (Å²) in [7, 11) is 0. The lowest BCUT2D eigenvalue weighted by atomic mass is 9.87. The summed E-state index contributed by atoms with van der Waals surface area (Å²) in [4.78, 5) is 26.3. The average Bonchev–Trinajstić information content (AvgIpc) is 2.78. The lowest BCUT2D eigenvalue weighted by Gasteiger charge is -2.21. The summed E-state index contributed by atoms with van der Waals surface area (Å²) in [6.45, 7) is 6.25. The van der Waals surface area contributed by atoms with Gasteiger partial charge in [-0.05, 0) is 40.8 Å². The molecule has 0 saturated heterocycles. The van der Waals surface area contributed by atoms with Gasteiger partial charge in [-0.1, -0.05) is 56.6 Å². The fourth-order valence-corrected chi connectivity index (χ4v) is 2.99. The second-order valence-corrected chi connectivity index (χ2v) is 7.32. The summed E-state index contributed by atoms with van der Waals surface area (Å²) in [5.74, 6) is -1.51. The normalized spacial score (nSPS) is 15.3. The third-order valence-corrected chi connectivity index (χ3v) is 4.50. The van der Waals surface area contributed by atoms with Crippen molar-refractivity contribution in [1.29, 1.82) is 0 Å². The monoisotopic (exact) mass is 357 g/mol. The Hall–Kier alpha value is -2.46. The van der Waals surface area contributed by atoms with Crippen LogP contribution >= 0.6 is 11.6 Å². The van der Waals surface area contributed by atoms with Gasteiger partial charge in [-0.2, -0.15) is 0 Å². The summed E-state index contributed by atoms with van der Waals surface area (Å²) in [5, 5.41) is -0.156. The minimum absolute atomic E-state index is 0.0350. The predicted octanol–water partition coefficient (Wildman–Crippen LogP) is 4.65. The Morgan fingerprint density at radius 1 is 0.880 bits per heavy atom. The lowest BCUT2D eigenvalue weighted by molar-refractivity contribution is -0.119. The van der Waals surface area contributed by atoms with Crippen LogP contribution < -0.4 is 4.90 Å². The molecule has 1 heterocycles. The molecule has 0 aliphatic carbocycles. The number of imide groups is 1. The van der Waals surface area contributed by atoms with E-state index in [2.05, 4.69) is 20.8 Å². The first-order valence-electron chi connectivity index (χ1n) is 7.85. The van der Waals surface area contributed by atoms with Crippen molar-refractivity contribution in [3.8, 4) is 0 Å². The van der Waals surface area contributed by atoms with Gasteiger partial charge in [-0.15, -0.1) is 0 Å². The highest BCUT2D eigenvalue weighted by atomic mass is 35.5. The van der Waals surface area contributed by atoms with Crippen molar-refractivity contribution >= 4 is 34.7 Å². The highest BCUT2D eigenvalue weighted by Crippen LogP contribution is 2.35. The smallest absolute Gasteiger partial charge is 0.268 e. The van der Waals surface area contributed by atoms with E-state index < -0.39 is 17.6 Å². The average molecular weight is 358 g/mol. The minimum atomic E-state index is -0.575. The maximum atomic E-state index is 13.1. The van der Waals surface area contributed by atoms with Crippen molar-refractivity contribution in [2.75, 3.05) is 4.90 Å². The predicted molar refractivity (Wildman–Crippen MR) is 96.8 cm³/mol. The zero-order chi connectivity index (χ0) is 18.4. The van der Waals surface area contributed by atoms with Crippen LogP contribution in [0.1, 0.15) is 31.9 Å². The molecule has 2 aromatic carbocycles. The Morgan fingerprint density at radius 2 is 1.44 bits per heavy atom. The highest BCUT2D eigenvalue weighted by Gasteiger charge is 2.39. The van der Waals surface area contributed by atoms with E-state index in [1.54, 1.807) is 12.1 Å². The molecule has 2 aromatic rings. The van der Waals surface area contributed by atoms with Crippen LogP contribution in [-0.4, -0.2) is 11.8 Å². The number of halogens is 2. The van der Waals surface area contributed by atoms with Gasteiger partial charge in [0.05, 0.1) is 11.3 Å². The number of rotatable bonds is 2. The molecule has 3 rings (SSSR count). The molecule has 0 fully saturated rings. The Labute approximate surface area is 150 Å². The zero-order valence-electron chi connectivity index (χ0n) is 14.1. The molecule has 1 aliphatic rings. The molecule has 3 nitrogen and oxygen atoms in total. The number of hydrogen-bond donors (Lipinski definition) is 0. The minimum Gasteiger partial charge on any atom is -0.268 e. The van der Waals surface area contributed by atoms with Gasteiger partial charge in [0.2, 0.25) is 0 Å². The first-order chi connectivity index (χ1) is 11.7. The van der Waals surface area contributed by atoms with Crippen LogP contribution in [0.3, 0.4) is 0 Å². The summed E-state index contributed by atoms with van der Waals surface area (Å²) in [6.07, 6.45) is 0. The van der Waals surface area contributed by atoms with Crippen molar-refractivity contribution in [3.05, 3.63) is 70.5 Å². The maximum Gasteiger partial charge on any atom is 0.277 e. The molecule has 0 N–H and O–H groups in total. The van der Waals surface area contributed by atoms with E-state index in [1.165, 1.54) is 24.3 Å². The molecule has 2 amide bonds. The topological polar surface area (TPSA) is 37.4 Å². The van der Waals surface area contributed by atoms with Crippen LogP contribution in [0.4, 0.5) is 10.1 Å². The Morgan fingerprint density at radius 3 is 1.96 bits per heavy atom. The molecule has 0 atom stereocenters. The summed E-state index contributed by atoms with van der Waals surface area (Å²) in [5.41, 5.74) is 2.02. The summed E-state index contributed by atoms with van der Waals surface area (Å²) < 4.78 is 13.1. The van der Waals surface area contributed by atoms with E-state index in [-0.39, 0.29) is 16.0 Å². The van der Waals surface area contributed by atoms with Crippen molar-refractivity contribution in [1.82, 2.24) is 0 Å². The fraction of sp³-hybridized carbons (Fsp3) is 0.200. The first kappa shape index (κ1) is 17.4. The van der Waals surface area contributed by atoms with Gasteiger partial charge in [-0.3, -0.25) is 9.59 Å². The Bertz CT molecular complexity index is 877. The molecule has 5 heteroatoms. The van der Waals surface area contributed by atoms with Gasteiger partial charge < -0.3 is 0 Å². The third kappa shape index (κ3) is 3.10. The van der Waals surface area contributed by atoms with Gasteiger partial charge in [0.1, 0.15) is 10.8 Å². The summed E-state index contributed by atoms with van der Waals surface area (Å²) in [6, 6.07) is 12.6. The van der Waals surface area contributed by atoms with E-state index in [0.29, 0.717) is 11.3 Å². The van der Waals surface area contributed by atoms with Gasteiger partial charge in [0, 0.05) is 0 Å². The van der Waals surface area contributed by atoms with E-state index in [4.69, 9.17) is 11.6 Å². The van der Waals surface area contributed by atoms with Crippen LogP contribution in [0.5, 0.6) is 0 Å². The number of amides is 2. The number of hydrogen-bond acceptors (Lipinski definition) is 2. The van der Waals surface area contributed by atoms with Gasteiger partial charge in [0.15, 0.2) is 0 Å². The molecular weight excluding hydrogens is 341 g/mol. The summed E-state index contributed by atoms with van der Waals surface area (Å²) >= 11 is 6.12. The SMILES string of the molecule is CC(C)(C)c1ccc(N2C(=O)C(Cl)=C(c3ccc(F)cc3)C2=O)cc1. The molecule has 0 spiro atoms. The largest absolute Gasteiger partial charge is 0.277 e. The van der Waals surface area contributed by atoms with Crippen LogP contribution in [0.2, 0.25) is 0 Å². The number of nitrogens with zero attached hydrogens (tertiary/aromatic N) is 1. The lowest BCUT2D eigenvalue weighted by Crippen LogP contribution is -2.31. The van der Waals surface area contributed by atoms with E-state index in [0.717, 1.165) is 10.5 Å². The van der Waals surface area contributed by atoms with Crippen molar-refractivity contribution in [2.45, 2.75) is 26.2 Å². The Balaban J connectivity index is 1.97. The molecule has 0 aromatic heterocycles. The molecule has 128 valence electrons. The molecule has 0 saturated carbocycles. The standard InChI is InChI=1S/C20H17ClFNO2/c1-20(2,3)13-6-10-15(11-7-13)23-18(24)16(17(21)19(23)25)12-4-8-14(22)9-5-12/h4-11H,1-3H3. The number of benzene rings is 2. The first-order valence-corrected chi connectivity index (χ1v) is 8.23. The second-order valence-electron chi connectivity index (χ2n) is 6.94.